The van der Waals surface area contributed by atoms with Gasteiger partial charge in [0.05, 0.1) is 28.2 Å². The van der Waals surface area contributed by atoms with Crippen LogP contribution in [-0.4, -0.2) is 28.9 Å². The predicted molar refractivity (Wildman–Crippen MR) is 100 cm³/mol. The van der Waals surface area contributed by atoms with E-state index in [1.54, 1.807) is 24.0 Å². The highest BCUT2D eigenvalue weighted by atomic mass is 16.1. The van der Waals surface area contributed by atoms with Gasteiger partial charge >= 0.3 is 0 Å². The summed E-state index contributed by atoms with van der Waals surface area (Å²) in [6.45, 7) is 2.73. The molecule has 1 aromatic carbocycles. The first-order chi connectivity index (χ1) is 12.7. The second-order valence-corrected chi connectivity index (χ2v) is 6.25. The maximum atomic E-state index is 12.9. The third-order valence-corrected chi connectivity index (χ3v) is 4.79. The smallest absolute Gasteiger partial charge is 0.262 e. The highest BCUT2D eigenvalue weighted by Crippen LogP contribution is 2.25. The largest absolute Gasteiger partial charge is 0.296 e. The predicted octanol–water partition coefficient (Wildman–Crippen LogP) is 2.62. The van der Waals surface area contributed by atoms with Crippen LogP contribution in [0.4, 0.5) is 0 Å². The van der Waals surface area contributed by atoms with Crippen molar-refractivity contribution >= 4 is 27.6 Å². The van der Waals surface area contributed by atoms with E-state index >= 15 is 0 Å². The first-order valence-corrected chi connectivity index (χ1v) is 8.47. The summed E-state index contributed by atoms with van der Waals surface area (Å²) >= 11 is 0. The van der Waals surface area contributed by atoms with Crippen LogP contribution in [0.25, 0.3) is 38.8 Å². The number of benzene rings is 1. The Bertz CT molecular complexity index is 1340. The lowest BCUT2D eigenvalue weighted by molar-refractivity contribution is 0.677. The molecule has 0 bridgehead atoms. The molecular weight excluding hydrogens is 328 g/mol. The molecule has 0 atom stereocenters. The van der Waals surface area contributed by atoms with Crippen molar-refractivity contribution in [1.29, 1.82) is 0 Å². The summed E-state index contributed by atoms with van der Waals surface area (Å²) in [5, 5.41) is 10.5. The van der Waals surface area contributed by atoms with Crippen LogP contribution in [0.15, 0.2) is 53.6 Å². The monoisotopic (exact) mass is 344 g/mol. The summed E-state index contributed by atoms with van der Waals surface area (Å²) in [5.74, 6) is 0. The molecule has 0 aliphatic rings. The van der Waals surface area contributed by atoms with Gasteiger partial charge < -0.3 is 0 Å². The van der Waals surface area contributed by atoms with E-state index in [0.29, 0.717) is 11.9 Å². The van der Waals surface area contributed by atoms with Gasteiger partial charge in [0.2, 0.25) is 0 Å². The average molecular weight is 344 g/mol. The molecule has 0 saturated heterocycles. The van der Waals surface area contributed by atoms with E-state index in [4.69, 9.17) is 5.10 Å². The van der Waals surface area contributed by atoms with Crippen LogP contribution in [0.1, 0.15) is 6.92 Å². The fourth-order valence-corrected chi connectivity index (χ4v) is 3.44. The Morgan fingerprint density at radius 2 is 1.88 bits per heavy atom. The maximum absolute atomic E-state index is 12.9. The van der Waals surface area contributed by atoms with Crippen molar-refractivity contribution in [2.24, 2.45) is 7.05 Å². The third-order valence-electron chi connectivity index (χ3n) is 4.79. The second kappa shape index (κ2) is 5.26. The van der Waals surface area contributed by atoms with Crippen molar-refractivity contribution in [2.75, 3.05) is 0 Å². The number of fused-ring (bicyclic) bond motifs is 5. The lowest BCUT2D eigenvalue weighted by Gasteiger charge is -2.07. The first kappa shape index (κ1) is 14.8. The summed E-state index contributed by atoms with van der Waals surface area (Å²) in [6.07, 6.45) is 3.38. The number of nitrogens with zero attached hydrogens (tertiary/aromatic N) is 6. The Kier molecular flexibility index (Phi) is 3.00. The van der Waals surface area contributed by atoms with Crippen molar-refractivity contribution < 1.29 is 0 Å². The van der Waals surface area contributed by atoms with Crippen molar-refractivity contribution in [1.82, 2.24) is 28.9 Å². The van der Waals surface area contributed by atoms with E-state index in [9.17, 15) is 4.79 Å². The molecule has 7 heteroatoms. The fourth-order valence-electron chi connectivity index (χ4n) is 3.44. The highest BCUT2D eigenvalue weighted by Gasteiger charge is 2.17. The standard InChI is InChI=1S/C19H16N6O/c1-3-24-18-13(11-21-24)17-14(10-20-18)19(26)23(2)16-9-15(22-25(16)17)12-7-5-4-6-8-12/h4-11H,3H2,1-2H3. The molecule has 128 valence electrons. The molecule has 0 aliphatic carbocycles. The van der Waals surface area contributed by atoms with Crippen molar-refractivity contribution in [2.45, 2.75) is 13.5 Å². The molecule has 4 heterocycles. The Hall–Kier alpha value is -3.48. The highest BCUT2D eigenvalue weighted by molar-refractivity contribution is 6.02. The number of hydrogen-bond acceptors (Lipinski definition) is 4. The van der Waals surface area contributed by atoms with Crippen LogP contribution < -0.4 is 5.56 Å². The Morgan fingerprint density at radius 1 is 1.08 bits per heavy atom. The fraction of sp³-hybridized carbons (Fsp3) is 0.158. The molecule has 0 unspecified atom stereocenters. The van der Waals surface area contributed by atoms with Gasteiger partial charge in [0.15, 0.2) is 5.65 Å². The molecule has 0 saturated carbocycles. The van der Waals surface area contributed by atoms with E-state index in [0.717, 1.165) is 33.5 Å². The zero-order valence-electron chi connectivity index (χ0n) is 14.4. The molecule has 26 heavy (non-hydrogen) atoms. The summed E-state index contributed by atoms with van der Waals surface area (Å²) in [7, 11) is 1.76. The van der Waals surface area contributed by atoms with E-state index in [1.165, 1.54) is 0 Å². The van der Waals surface area contributed by atoms with Crippen molar-refractivity contribution in [3.05, 3.63) is 59.1 Å². The van der Waals surface area contributed by atoms with E-state index in [-0.39, 0.29) is 5.56 Å². The lowest BCUT2D eigenvalue weighted by Crippen LogP contribution is -2.20. The van der Waals surface area contributed by atoms with Crippen LogP contribution in [0.3, 0.4) is 0 Å². The number of hydrogen-bond donors (Lipinski definition) is 0. The molecular formula is C19H16N6O. The van der Waals surface area contributed by atoms with E-state index in [2.05, 4.69) is 10.1 Å². The van der Waals surface area contributed by atoms with Gasteiger partial charge in [-0.2, -0.15) is 10.2 Å². The number of aryl methyl sites for hydroxylation is 2. The number of pyridine rings is 1. The topological polar surface area (TPSA) is 70.0 Å². The van der Waals surface area contributed by atoms with Gasteiger partial charge in [0.1, 0.15) is 5.65 Å². The van der Waals surface area contributed by atoms with Crippen LogP contribution in [0.2, 0.25) is 0 Å². The van der Waals surface area contributed by atoms with Gasteiger partial charge in [-0.25, -0.2) is 14.2 Å². The van der Waals surface area contributed by atoms with Gasteiger partial charge in [0, 0.05) is 31.4 Å². The van der Waals surface area contributed by atoms with E-state index in [1.807, 2.05) is 52.5 Å². The van der Waals surface area contributed by atoms with Crippen LogP contribution in [-0.2, 0) is 13.6 Å². The van der Waals surface area contributed by atoms with Crippen LogP contribution in [0.5, 0.6) is 0 Å². The minimum absolute atomic E-state index is 0.0920. The van der Waals surface area contributed by atoms with Crippen molar-refractivity contribution in [3.8, 4) is 11.3 Å². The molecule has 0 fully saturated rings. The molecule has 5 rings (SSSR count). The minimum atomic E-state index is -0.0920. The summed E-state index contributed by atoms with van der Waals surface area (Å²) in [6, 6.07) is 11.9. The maximum Gasteiger partial charge on any atom is 0.262 e. The quantitative estimate of drug-likeness (QED) is 0.494. The zero-order chi connectivity index (χ0) is 17.8. The van der Waals surface area contributed by atoms with Gasteiger partial charge in [-0.05, 0) is 6.92 Å². The van der Waals surface area contributed by atoms with Gasteiger partial charge in [-0.1, -0.05) is 30.3 Å². The number of rotatable bonds is 2. The van der Waals surface area contributed by atoms with Gasteiger partial charge in [0.25, 0.3) is 5.56 Å². The van der Waals surface area contributed by atoms with Crippen molar-refractivity contribution in [3.63, 3.8) is 0 Å². The molecule has 7 nitrogen and oxygen atoms in total. The summed E-state index contributed by atoms with van der Waals surface area (Å²) in [4.78, 5) is 17.3. The Balaban J connectivity index is 1.98. The molecule has 4 aromatic heterocycles. The normalized spacial score (nSPS) is 11.8. The SMILES string of the molecule is CCn1ncc2c1ncc1c(=O)n(C)c3cc(-c4ccccc4)nn3c12. The molecule has 0 aliphatic heterocycles. The Morgan fingerprint density at radius 3 is 2.65 bits per heavy atom. The second-order valence-electron chi connectivity index (χ2n) is 6.25. The summed E-state index contributed by atoms with van der Waals surface area (Å²) < 4.78 is 5.25. The minimum Gasteiger partial charge on any atom is -0.296 e. The van der Waals surface area contributed by atoms with Crippen LogP contribution >= 0.6 is 0 Å². The average Bonchev–Trinajstić information content (AvgIpc) is 3.30. The molecule has 0 spiro atoms. The molecule has 0 radical (unpaired) electrons. The molecule has 0 N–H and O–H groups in total. The Labute approximate surface area is 148 Å². The lowest BCUT2D eigenvalue weighted by atomic mass is 10.2. The van der Waals surface area contributed by atoms with Crippen LogP contribution in [0, 0.1) is 0 Å². The molecule has 0 amide bonds. The molecule has 5 aromatic rings. The first-order valence-electron chi connectivity index (χ1n) is 8.47. The van der Waals surface area contributed by atoms with Gasteiger partial charge in [-0.3, -0.25) is 9.36 Å². The van der Waals surface area contributed by atoms with Gasteiger partial charge in [-0.15, -0.1) is 0 Å². The van der Waals surface area contributed by atoms with E-state index < -0.39 is 0 Å². The summed E-state index contributed by atoms with van der Waals surface area (Å²) in [5.41, 5.74) is 3.97. The third kappa shape index (κ3) is 1.88. The zero-order valence-corrected chi connectivity index (χ0v) is 14.4. The number of aromatic nitrogens is 6.